The van der Waals surface area contributed by atoms with Crippen molar-refractivity contribution in [3.8, 4) is 0 Å². The average Bonchev–Trinajstić information content (AvgIpc) is 2.64. The van der Waals surface area contributed by atoms with E-state index in [4.69, 9.17) is 0 Å². The molecule has 1 heterocycles. The van der Waals surface area contributed by atoms with Crippen LogP contribution in [0.15, 0.2) is 55.6 Å². The molecule has 0 aromatic heterocycles. The van der Waals surface area contributed by atoms with Crippen LogP contribution in [-0.4, -0.2) is 47.1 Å². The minimum Gasteiger partial charge on any atom is -0.328 e. The number of piperidine rings is 1. The summed E-state index contributed by atoms with van der Waals surface area (Å²) < 4.78 is 39.6. The summed E-state index contributed by atoms with van der Waals surface area (Å²) in [6.07, 6.45) is -0.0497. The van der Waals surface area contributed by atoms with Crippen molar-refractivity contribution in [2.24, 2.45) is 0 Å². The first-order chi connectivity index (χ1) is 12.8. The van der Waals surface area contributed by atoms with E-state index in [1.54, 1.807) is 12.2 Å². The van der Waals surface area contributed by atoms with E-state index in [1.807, 2.05) is 30.3 Å². The molecule has 2 rings (SSSR count). The Morgan fingerprint density at radius 2 is 1.78 bits per heavy atom. The molecule has 6 heteroatoms. The van der Waals surface area contributed by atoms with Gasteiger partial charge in [0.05, 0.1) is 0 Å². The first kappa shape index (κ1) is 21.2. The monoisotopic (exact) mass is 380 g/mol. The SMILES string of the molecule is C=CCCN(C(=O)C(F)(F)F)C1(CC=C)CCN(Cc2ccccc2)CC1. The van der Waals surface area contributed by atoms with Crippen LogP contribution in [0.4, 0.5) is 13.2 Å². The first-order valence-corrected chi connectivity index (χ1v) is 9.19. The van der Waals surface area contributed by atoms with E-state index in [0.29, 0.717) is 38.8 Å². The molecule has 1 saturated heterocycles. The van der Waals surface area contributed by atoms with Crippen molar-refractivity contribution in [2.45, 2.75) is 43.9 Å². The third kappa shape index (κ3) is 5.45. The van der Waals surface area contributed by atoms with Gasteiger partial charge in [-0.05, 0) is 31.2 Å². The molecule has 1 aromatic rings. The third-order valence-electron chi connectivity index (χ3n) is 5.18. The van der Waals surface area contributed by atoms with Crippen LogP contribution in [-0.2, 0) is 11.3 Å². The van der Waals surface area contributed by atoms with Crippen LogP contribution in [0.5, 0.6) is 0 Å². The second-order valence-electron chi connectivity index (χ2n) is 7.01. The molecule has 0 unspecified atom stereocenters. The molecule has 1 aromatic carbocycles. The molecule has 0 N–H and O–H groups in total. The van der Waals surface area contributed by atoms with Crippen molar-refractivity contribution in [1.82, 2.24) is 9.80 Å². The number of halogens is 3. The Balaban J connectivity index is 2.16. The number of carbonyl (C=O) groups is 1. The Morgan fingerprint density at radius 1 is 1.15 bits per heavy atom. The van der Waals surface area contributed by atoms with Crippen LogP contribution in [0, 0.1) is 0 Å². The van der Waals surface area contributed by atoms with E-state index in [1.165, 1.54) is 5.56 Å². The number of hydrogen-bond acceptors (Lipinski definition) is 2. The number of amides is 1. The Morgan fingerprint density at radius 3 is 2.30 bits per heavy atom. The zero-order valence-corrected chi connectivity index (χ0v) is 15.5. The second kappa shape index (κ2) is 9.22. The Hall–Kier alpha value is -2.08. The number of rotatable bonds is 8. The second-order valence-corrected chi connectivity index (χ2v) is 7.01. The quantitative estimate of drug-likeness (QED) is 0.617. The van der Waals surface area contributed by atoms with Gasteiger partial charge in [-0.1, -0.05) is 42.5 Å². The van der Waals surface area contributed by atoms with Gasteiger partial charge in [-0.3, -0.25) is 9.69 Å². The highest BCUT2D eigenvalue weighted by molar-refractivity contribution is 5.82. The van der Waals surface area contributed by atoms with Gasteiger partial charge in [0.2, 0.25) is 0 Å². The molecule has 0 spiro atoms. The van der Waals surface area contributed by atoms with Crippen molar-refractivity contribution in [3.05, 3.63) is 61.2 Å². The number of nitrogens with zero attached hydrogens (tertiary/aromatic N) is 2. The van der Waals surface area contributed by atoms with Gasteiger partial charge >= 0.3 is 12.1 Å². The molecule has 0 radical (unpaired) electrons. The first-order valence-electron chi connectivity index (χ1n) is 9.19. The van der Waals surface area contributed by atoms with E-state index in [9.17, 15) is 18.0 Å². The Kier molecular flexibility index (Phi) is 7.25. The Labute approximate surface area is 159 Å². The molecule has 0 bridgehead atoms. The molecular formula is C21H27F3N2O. The molecule has 1 fully saturated rings. The molecule has 1 aliphatic rings. The summed E-state index contributed by atoms with van der Waals surface area (Å²) in [7, 11) is 0. The average molecular weight is 380 g/mol. The normalized spacial score (nSPS) is 17.3. The number of likely N-dealkylation sites (tertiary alicyclic amines) is 1. The van der Waals surface area contributed by atoms with Gasteiger partial charge in [-0.15, -0.1) is 13.2 Å². The van der Waals surface area contributed by atoms with E-state index in [2.05, 4.69) is 18.1 Å². The summed E-state index contributed by atoms with van der Waals surface area (Å²) in [5.74, 6) is -1.76. The van der Waals surface area contributed by atoms with Crippen molar-refractivity contribution in [2.75, 3.05) is 19.6 Å². The fourth-order valence-electron chi connectivity index (χ4n) is 3.75. The maximum Gasteiger partial charge on any atom is 0.471 e. The van der Waals surface area contributed by atoms with Crippen LogP contribution in [0.25, 0.3) is 0 Å². The predicted octanol–water partition coefficient (Wildman–Crippen LogP) is 4.56. The fourth-order valence-corrected chi connectivity index (χ4v) is 3.75. The lowest BCUT2D eigenvalue weighted by Crippen LogP contribution is -2.60. The topological polar surface area (TPSA) is 23.6 Å². The molecule has 27 heavy (non-hydrogen) atoms. The molecule has 148 valence electrons. The van der Waals surface area contributed by atoms with Crippen LogP contribution < -0.4 is 0 Å². The van der Waals surface area contributed by atoms with E-state index >= 15 is 0 Å². The molecule has 0 aliphatic carbocycles. The summed E-state index contributed by atoms with van der Waals surface area (Å²) in [5, 5.41) is 0. The third-order valence-corrected chi connectivity index (χ3v) is 5.18. The van der Waals surface area contributed by atoms with Crippen LogP contribution in [0.3, 0.4) is 0 Å². The highest BCUT2D eigenvalue weighted by atomic mass is 19.4. The van der Waals surface area contributed by atoms with Crippen molar-refractivity contribution in [1.29, 1.82) is 0 Å². The number of alkyl halides is 3. The van der Waals surface area contributed by atoms with E-state index in [-0.39, 0.29) is 6.54 Å². The highest BCUT2D eigenvalue weighted by Crippen LogP contribution is 2.36. The van der Waals surface area contributed by atoms with Gasteiger partial charge in [-0.25, -0.2) is 0 Å². The van der Waals surface area contributed by atoms with Crippen molar-refractivity contribution >= 4 is 5.91 Å². The molecule has 0 atom stereocenters. The summed E-state index contributed by atoms with van der Waals surface area (Å²) in [4.78, 5) is 15.4. The minimum absolute atomic E-state index is 0.0222. The molecular weight excluding hydrogens is 353 g/mol. The largest absolute Gasteiger partial charge is 0.471 e. The Bertz CT molecular complexity index is 635. The lowest BCUT2D eigenvalue weighted by molar-refractivity contribution is -0.193. The number of carbonyl (C=O) groups excluding carboxylic acids is 1. The summed E-state index contributed by atoms with van der Waals surface area (Å²) in [5.41, 5.74) is 0.327. The maximum atomic E-state index is 13.2. The summed E-state index contributed by atoms with van der Waals surface area (Å²) in [6.45, 7) is 9.35. The predicted molar refractivity (Wildman–Crippen MR) is 101 cm³/mol. The molecule has 3 nitrogen and oxygen atoms in total. The zero-order valence-electron chi connectivity index (χ0n) is 15.5. The zero-order chi connectivity index (χ0) is 19.9. The van der Waals surface area contributed by atoms with Gasteiger partial charge in [0.1, 0.15) is 0 Å². The van der Waals surface area contributed by atoms with E-state index in [0.717, 1.165) is 11.4 Å². The van der Waals surface area contributed by atoms with Crippen LogP contribution in [0.1, 0.15) is 31.2 Å². The number of benzene rings is 1. The highest BCUT2D eigenvalue weighted by Gasteiger charge is 2.50. The molecule has 1 aliphatic heterocycles. The van der Waals surface area contributed by atoms with Crippen LogP contribution >= 0.6 is 0 Å². The van der Waals surface area contributed by atoms with Crippen LogP contribution in [0.2, 0.25) is 0 Å². The fraction of sp³-hybridized carbons (Fsp3) is 0.476. The van der Waals surface area contributed by atoms with Gasteiger partial charge in [0.25, 0.3) is 0 Å². The van der Waals surface area contributed by atoms with Gasteiger partial charge in [-0.2, -0.15) is 13.2 Å². The lowest BCUT2D eigenvalue weighted by atomic mass is 9.82. The smallest absolute Gasteiger partial charge is 0.328 e. The van der Waals surface area contributed by atoms with Gasteiger partial charge in [0.15, 0.2) is 0 Å². The molecule has 1 amide bonds. The van der Waals surface area contributed by atoms with E-state index < -0.39 is 17.6 Å². The molecule has 0 saturated carbocycles. The lowest BCUT2D eigenvalue weighted by Gasteiger charge is -2.49. The van der Waals surface area contributed by atoms with Gasteiger partial charge in [0, 0.05) is 31.7 Å². The van der Waals surface area contributed by atoms with Crippen molar-refractivity contribution < 1.29 is 18.0 Å². The van der Waals surface area contributed by atoms with Gasteiger partial charge < -0.3 is 4.90 Å². The number of hydrogen-bond donors (Lipinski definition) is 0. The summed E-state index contributed by atoms with van der Waals surface area (Å²) >= 11 is 0. The van der Waals surface area contributed by atoms with Crippen molar-refractivity contribution in [3.63, 3.8) is 0 Å². The summed E-state index contributed by atoms with van der Waals surface area (Å²) in [6, 6.07) is 9.97. The standard InChI is InChI=1S/C21H27F3N2O/c1-3-5-14-26(19(27)21(22,23)24)20(11-4-2)12-15-25(16-13-20)17-18-9-7-6-8-10-18/h3-4,6-10H,1-2,5,11-17H2. The minimum atomic E-state index is -4.88. The maximum absolute atomic E-state index is 13.2.